The van der Waals surface area contributed by atoms with Crippen molar-refractivity contribution in [2.45, 2.75) is 57.5 Å². The third-order valence-corrected chi connectivity index (χ3v) is 5.46. The van der Waals surface area contributed by atoms with Crippen LogP contribution in [-0.2, 0) is 4.79 Å². The molecule has 1 aromatic heterocycles. The zero-order chi connectivity index (χ0) is 19.3. The molecule has 5 heteroatoms. The second-order valence-electron chi connectivity index (χ2n) is 7.27. The second kappa shape index (κ2) is 8.33. The van der Waals surface area contributed by atoms with Crippen molar-refractivity contribution in [3.8, 4) is 0 Å². The van der Waals surface area contributed by atoms with Gasteiger partial charge in [-0.1, -0.05) is 44.0 Å². The predicted octanol–water partition coefficient (Wildman–Crippen LogP) is 3.96. The van der Waals surface area contributed by atoms with E-state index in [9.17, 15) is 9.59 Å². The summed E-state index contributed by atoms with van der Waals surface area (Å²) in [6.45, 7) is 3.78. The van der Waals surface area contributed by atoms with Crippen LogP contribution in [0, 0.1) is 0 Å². The summed E-state index contributed by atoms with van der Waals surface area (Å²) in [5.41, 5.74) is 0.0206. The fourth-order valence-corrected chi connectivity index (χ4v) is 3.64. The summed E-state index contributed by atoms with van der Waals surface area (Å²) in [6.07, 6.45) is 6.39. The van der Waals surface area contributed by atoms with Crippen LogP contribution in [0.15, 0.2) is 54.7 Å². The fraction of sp³-hybridized carbons (Fsp3) is 0.409. The first kappa shape index (κ1) is 19.1. The van der Waals surface area contributed by atoms with E-state index in [0.29, 0.717) is 17.8 Å². The average molecular weight is 365 g/mol. The summed E-state index contributed by atoms with van der Waals surface area (Å²) in [4.78, 5) is 32.5. The Morgan fingerprint density at radius 1 is 1.11 bits per heavy atom. The molecule has 3 rings (SSSR count). The van der Waals surface area contributed by atoms with Gasteiger partial charge < -0.3 is 5.32 Å². The Hall–Kier alpha value is -2.69. The maximum Gasteiger partial charge on any atom is 0.277 e. The minimum Gasteiger partial charge on any atom is -0.351 e. The Labute approximate surface area is 160 Å². The molecule has 2 amide bonds. The van der Waals surface area contributed by atoms with Gasteiger partial charge in [0.1, 0.15) is 11.2 Å². The number of hydrogen-bond donors (Lipinski definition) is 1. The minimum atomic E-state index is -1.00. The number of carbonyl (C=O) groups excluding carboxylic acids is 2. The van der Waals surface area contributed by atoms with Crippen molar-refractivity contribution in [2.24, 2.45) is 0 Å². The SMILES string of the molecule is CC[C@](C)(C(=O)NC1CCCC1)N(C(=O)c1ccccn1)c1ccccc1. The van der Waals surface area contributed by atoms with Gasteiger partial charge in [0.15, 0.2) is 0 Å². The van der Waals surface area contributed by atoms with E-state index in [0.717, 1.165) is 25.7 Å². The first-order chi connectivity index (χ1) is 13.1. The molecule has 0 spiro atoms. The Kier molecular flexibility index (Phi) is 5.89. The van der Waals surface area contributed by atoms with Crippen molar-refractivity contribution < 1.29 is 9.59 Å². The summed E-state index contributed by atoms with van der Waals surface area (Å²) in [6, 6.07) is 14.8. The molecule has 1 fully saturated rings. The second-order valence-corrected chi connectivity index (χ2v) is 7.27. The zero-order valence-electron chi connectivity index (χ0n) is 16.0. The van der Waals surface area contributed by atoms with Gasteiger partial charge in [0.2, 0.25) is 5.91 Å². The van der Waals surface area contributed by atoms with Crippen LogP contribution in [0.3, 0.4) is 0 Å². The lowest BCUT2D eigenvalue weighted by molar-refractivity contribution is -0.126. The van der Waals surface area contributed by atoms with Gasteiger partial charge in [0, 0.05) is 17.9 Å². The van der Waals surface area contributed by atoms with Crippen LogP contribution in [0.5, 0.6) is 0 Å². The summed E-state index contributed by atoms with van der Waals surface area (Å²) in [7, 11) is 0. The van der Waals surface area contributed by atoms with Gasteiger partial charge in [-0.3, -0.25) is 19.5 Å². The molecule has 1 saturated carbocycles. The topological polar surface area (TPSA) is 62.3 Å². The molecule has 0 bridgehead atoms. The molecule has 142 valence electrons. The molecule has 1 heterocycles. The van der Waals surface area contributed by atoms with E-state index >= 15 is 0 Å². The van der Waals surface area contributed by atoms with Gasteiger partial charge >= 0.3 is 0 Å². The summed E-state index contributed by atoms with van der Waals surface area (Å²) in [5.74, 6) is -0.377. The molecule has 2 aromatic rings. The van der Waals surface area contributed by atoms with E-state index in [-0.39, 0.29) is 17.9 Å². The molecular weight excluding hydrogens is 338 g/mol. The summed E-state index contributed by atoms with van der Waals surface area (Å²) in [5, 5.41) is 3.17. The molecule has 0 radical (unpaired) electrons. The highest BCUT2D eigenvalue weighted by Crippen LogP contribution is 2.30. The van der Waals surface area contributed by atoms with Crippen LogP contribution in [0.4, 0.5) is 5.69 Å². The number of rotatable bonds is 6. The fourth-order valence-electron chi connectivity index (χ4n) is 3.64. The number of carbonyl (C=O) groups is 2. The highest BCUT2D eigenvalue weighted by molar-refractivity contribution is 6.10. The summed E-state index contributed by atoms with van der Waals surface area (Å²) < 4.78 is 0. The molecule has 1 N–H and O–H groups in total. The predicted molar refractivity (Wildman–Crippen MR) is 107 cm³/mol. The molecule has 1 aromatic carbocycles. The number of para-hydroxylation sites is 1. The monoisotopic (exact) mass is 365 g/mol. The van der Waals surface area contributed by atoms with Crippen molar-refractivity contribution >= 4 is 17.5 Å². The van der Waals surface area contributed by atoms with Crippen LogP contribution in [-0.4, -0.2) is 28.4 Å². The van der Waals surface area contributed by atoms with Gasteiger partial charge in [-0.2, -0.15) is 0 Å². The number of pyridine rings is 1. The molecule has 0 unspecified atom stereocenters. The van der Waals surface area contributed by atoms with E-state index in [1.54, 1.807) is 29.3 Å². The summed E-state index contributed by atoms with van der Waals surface area (Å²) >= 11 is 0. The Morgan fingerprint density at radius 3 is 2.37 bits per heavy atom. The quantitative estimate of drug-likeness (QED) is 0.843. The number of hydrogen-bond acceptors (Lipinski definition) is 3. The first-order valence-corrected chi connectivity index (χ1v) is 9.68. The van der Waals surface area contributed by atoms with Gasteiger partial charge in [-0.25, -0.2) is 0 Å². The van der Waals surface area contributed by atoms with Gasteiger partial charge in [0.05, 0.1) is 0 Å². The number of aromatic nitrogens is 1. The van der Waals surface area contributed by atoms with Crippen LogP contribution >= 0.6 is 0 Å². The number of benzene rings is 1. The molecule has 1 aliphatic rings. The molecule has 1 atom stereocenters. The van der Waals surface area contributed by atoms with Crippen LogP contribution in [0.1, 0.15) is 56.4 Å². The van der Waals surface area contributed by atoms with Crippen molar-refractivity contribution in [1.82, 2.24) is 10.3 Å². The smallest absolute Gasteiger partial charge is 0.277 e. The standard InChI is InChI=1S/C22H27N3O2/c1-3-22(2,21(27)24-17-11-7-8-12-17)25(18-13-5-4-6-14-18)20(26)19-15-9-10-16-23-19/h4-6,9-10,13-17H,3,7-8,11-12H2,1-2H3,(H,24,27)/t22-/m1/s1. The van der Waals surface area contributed by atoms with Crippen molar-refractivity contribution in [2.75, 3.05) is 4.90 Å². The maximum absolute atomic E-state index is 13.4. The number of nitrogens with zero attached hydrogens (tertiary/aromatic N) is 2. The van der Waals surface area contributed by atoms with E-state index in [2.05, 4.69) is 10.3 Å². The van der Waals surface area contributed by atoms with Crippen LogP contribution in [0.25, 0.3) is 0 Å². The molecule has 1 aliphatic carbocycles. The van der Waals surface area contributed by atoms with Crippen LogP contribution in [0.2, 0.25) is 0 Å². The third kappa shape index (κ3) is 4.02. The lowest BCUT2D eigenvalue weighted by Crippen LogP contribution is -2.60. The maximum atomic E-state index is 13.4. The largest absolute Gasteiger partial charge is 0.351 e. The van der Waals surface area contributed by atoms with E-state index in [4.69, 9.17) is 0 Å². The lowest BCUT2D eigenvalue weighted by Gasteiger charge is -2.40. The Morgan fingerprint density at radius 2 is 1.78 bits per heavy atom. The average Bonchev–Trinajstić information content (AvgIpc) is 3.22. The molecule has 0 aliphatic heterocycles. The van der Waals surface area contributed by atoms with Crippen LogP contribution < -0.4 is 10.2 Å². The zero-order valence-corrected chi connectivity index (χ0v) is 16.0. The molecule has 27 heavy (non-hydrogen) atoms. The first-order valence-electron chi connectivity index (χ1n) is 9.68. The van der Waals surface area contributed by atoms with E-state index in [1.807, 2.05) is 44.2 Å². The Bertz CT molecular complexity index is 773. The van der Waals surface area contributed by atoms with Gasteiger partial charge in [-0.15, -0.1) is 0 Å². The number of anilines is 1. The van der Waals surface area contributed by atoms with Gasteiger partial charge in [-0.05, 0) is 50.5 Å². The minimum absolute atomic E-state index is 0.106. The highest BCUT2D eigenvalue weighted by atomic mass is 16.2. The highest BCUT2D eigenvalue weighted by Gasteiger charge is 2.43. The number of nitrogens with one attached hydrogen (secondary N) is 1. The van der Waals surface area contributed by atoms with E-state index in [1.165, 1.54) is 0 Å². The third-order valence-electron chi connectivity index (χ3n) is 5.46. The molecule has 5 nitrogen and oxygen atoms in total. The van der Waals surface area contributed by atoms with Crippen molar-refractivity contribution in [1.29, 1.82) is 0 Å². The lowest BCUT2D eigenvalue weighted by atomic mass is 9.92. The van der Waals surface area contributed by atoms with Gasteiger partial charge in [0.25, 0.3) is 5.91 Å². The molecule has 0 saturated heterocycles. The van der Waals surface area contributed by atoms with Crippen molar-refractivity contribution in [3.05, 3.63) is 60.4 Å². The molecular formula is C22H27N3O2. The number of amides is 2. The Balaban J connectivity index is 1.99. The van der Waals surface area contributed by atoms with Crippen molar-refractivity contribution in [3.63, 3.8) is 0 Å². The normalized spacial score (nSPS) is 16.5. The van der Waals surface area contributed by atoms with E-state index < -0.39 is 5.54 Å².